The van der Waals surface area contributed by atoms with Crippen molar-refractivity contribution in [3.8, 4) is 0 Å². The van der Waals surface area contributed by atoms with E-state index >= 15 is 0 Å². The Bertz CT molecular complexity index is 601. The lowest BCUT2D eigenvalue weighted by atomic mass is 10.2. The van der Waals surface area contributed by atoms with Crippen molar-refractivity contribution in [2.75, 3.05) is 25.4 Å². The monoisotopic (exact) mass is 374 g/mol. The normalized spacial score (nSPS) is 19.5. The molecule has 1 atom stereocenters. The highest BCUT2D eigenvalue weighted by Crippen LogP contribution is 2.13. The number of hydrogen-bond donors (Lipinski definition) is 1. The Morgan fingerprint density at radius 1 is 1.38 bits per heavy atom. The summed E-state index contributed by atoms with van der Waals surface area (Å²) in [4.78, 5) is 13.7. The van der Waals surface area contributed by atoms with E-state index in [0.29, 0.717) is 25.2 Å². The van der Waals surface area contributed by atoms with E-state index in [1.165, 1.54) is 0 Å². The number of carbonyl (C=O) groups excluding carboxylic acids is 1. The Labute approximate surface area is 133 Å². The maximum Gasteiger partial charge on any atom is 0.237 e. The second-order valence-corrected chi connectivity index (χ2v) is 8.33. The van der Waals surface area contributed by atoms with Crippen molar-refractivity contribution >= 4 is 31.7 Å². The molecule has 116 valence electrons. The lowest BCUT2D eigenvalue weighted by Gasteiger charge is -2.31. The molecule has 7 heteroatoms. The molecule has 1 aromatic rings. The smallest absolute Gasteiger partial charge is 0.237 e. The quantitative estimate of drug-likeness (QED) is 0.859. The molecule has 1 fully saturated rings. The van der Waals surface area contributed by atoms with Gasteiger partial charge in [0.05, 0.1) is 5.75 Å². The van der Waals surface area contributed by atoms with Crippen LogP contribution in [0.15, 0.2) is 28.7 Å². The molecule has 0 aromatic heterocycles. The average molecular weight is 375 g/mol. The highest BCUT2D eigenvalue weighted by molar-refractivity contribution is 9.10. The van der Waals surface area contributed by atoms with Crippen LogP contribution in [-0.4, -0.2) is 50.7 Å². The number of benzene rings is 1. The van der Waals surface area contributed by atoms with Gasteiger partial charge in [-0.2, -0.15) is 0 Å². The van der Waals surface area contributed by atoms with Gasteiger partial charge < -0.3 is 10.2 Å². The molecule has 2 rings (SSSR count). The average Bonchev–Trinajstić information content (AvgIpc) is 2.40. The van der Waals surface area contributed by atoms with Crippen molar-refractivity contribution < 1.29 is 13.2 Å². The Morgan fingerprint density at radius 3 is 2.67 bits per heavy atom. The van der Waals surface area contributed by atoms with Gasteiger partial charge in [0.2, 0.25) is 5.91 Å². The summed E-state index contributed by atoms with van der Waals surface area (Å²) in [5.74, 6) is -0.829. The molecule has 0 bridgehead atoms. The summed E-state index contributed by atoms with van der Waals surface area (Å²) in [6.07, 6.45) is 0. The van der Waals surface area contributed by atoms with Gasteiger partial charge in [0.1, 0.15) is 5.75 Å². The zero-order valence-corrected chi connectivity index (χ0v) is 14.3. The highest BCUT2D eigenvalue weighted by atomic mass is 79.9. The number of rotatable bonds is 4. The summed E-state index contributed by atoms with van der Waals surface area (Å²) in [7, 11) is -3.44. The van der Waals surface area contributed by atoms with Crippen LogP contribution in [0.5, 0.6) is 0 Å². The van der Waals surface area contributed by atoms with Gasteiger partial charge in [-0.3, -0.25) is 4.79 Å². The number of piperazine rings is 1. The topological polar surface area (TPSA) is 66.5 Å². The fraction of sp³-hybridized carbons (Fsp3) is 0.500. The highest BCUT2D eigenvalue weighted by Gasteiger charge is 2.25. The van der Waals surface area contributed by atoms with Crippen LogP contribution < -0.4 is 5.32 Å². The molecule has 1 aromatic carbocycles. The number of sulfone groups is 1. The van der Waals surface area contributed by atoms with E-state index in [2.05, 4.69) is 21.2 Å². The van der Waals surface area contributed by atoms with E-state index in [1.807, 2.05) is 6.92 Å². The minimum Gasteiger partial charge on any atom is -0.339 e. The molecule has 1 aliphatic heterocycles. The lowest BCUT2D eigenvalue weighted by Crippen LogP contribution is -2.52. The third kappa shape index (κ3) is 5.09. The summed E-state index contributed by atoms with van der Waals surface area (Å²) >= 11 is 3.31. The molecule has 0 radical (unpaired) electrons. The Morgan fingerprint density at radius 2 is 2.05 bits per heavy atom. The van der Waals surface area contributed by atoms with Crippen LogP contribution >= 0.6 is 15.9 Å². The first-order chi connectivity index (χ1) is 9.85. The predicted molar refractivity (Wildman–Crippen MR) is 85.7 cm³/mol. The standard InChI is InChI=1S/C14H19BrN2O3S/c1-11-8-17(7-6-16-11)14(18)10-21(19,20)9-12-2-4-13(15)5-3-12/h2-5,11,16H,6-10H2,1H3. The molecule has 5 nitrogen and oxygen atoms in total. The molecular weight excluding hydrogens is 356 g/mol. The fourth-order valence-electron chi connectivity index (χ4n) is 2.32. The van der Waals surface area contributed by atoms with Crippen molar-refractivity contribution in [3.05, 3.63) is 34.3 Å². The van der Waals surface area contributed by atoms with E-state index in [9.17, 15) is 13.2 Å². The second-order valence-electron chi connectivity index (χ2n) is 5.35. The first-order valence-corrected chi connectivity index (χ1v) is 9.43. The maximum atomic E-state index is 12.1. The van der Waals surface area contributed by atoms with E-state index in [-0.39, 0.29) is 17.7 Å². The fourth-order valence-corrected chi connectivity index (χ4v) is 3.95. The molecule has 21 heavy (non-hydrogen) atoms. The molecule has 1 saturated heterocycles. The van der Waals surface area contributed by atoms with Gasteiger partial charge in [-0.1, -0.05) is 28.1 Å². The molecule has 1 aliphatic rings. The predicted octanol–water partition coefficient (Wildman–Crippen LogP) is 1.18. The number of halogens is 1. The molecule has 1 amide bonds. The van der Waals surface area contributed by atoms with Gasteiger partial charge in [0.15, 0.2) is 9.84 Å². The van der Waals surface area contributed by atoms with Crippen molar-refractivity contribution in [3.63, 3.8) is 0 Å². The molecule has 0 spiro atoms. The second kappa shape index (κ2) is 6.89. The number of hydrogen-bond acceptors (Lipinski definition) is 4. The van der Waals surface area contributed by atoms with Crippen LogP contribution in [0, 0.1) is 0 Å². The van der Waals surface area contributed by atoms with Crippen LogP contribution in [0.4, 0.5) is 0 Å². The summed E-state index contributed by atoms with van der Waals surface area (Å²) < 4.78 is 25.2. The zero-order valence-electron chi connectivity index (χ0n) is 11.9. The lowest BCUT2D eigenvalue weighted by molar-refractivity contribution is -0.129. The molecule has 0 saturated carbocycles. The third-order valence-electron chi connectivity index (χ3n) is 3.36. The summed E-state index contributed by atoms with van der Waals surface area (Å²) in [6.45, 7) is 3.82. The third-order valence-corrected chi connectivity index (χ3v) is 5.35. The first-order valence-electron chi connectivity index (χ1n) is 6.82. The summed E-state index contributed by atoms with van der Waals surface area (Å²) in [5.41, 5.74) is 0.694. The van der Waals surface area contributed by atoms with E-state index in [4.69, 9.17) is 0 Å². The summed E-state index contributed by atoms with van der Waals surface area (Å²) in [5, 5.41) is 3.23. The minimum atomic E-state index is -3.44. The molecule has 1 heterocycles. The first kappa shape index (κ1) is 16.5. The Balaban J connectivity index is 1.96. The molecule has 0 aliphatic carbocycles. The van der Waals surface area contributed by atoms with Gasteiger partial charge in [-0.25, -0.2) is 8.42 Å². The van der Waals surface area contributed by atoms with E-state index < -0.39 is 15.6 Å². The van der Waals surface area contributed by atoms with Crippen LogP contribution in [-0.2, 0) is 20.4 Å². The SMILES string of the molecule is CC1CN(C(=O)CS(=O)(=O)Cc2ccc(Br)cc2)CCN1. The van der Waals surface area contributed by atoms with E-state index in [0.717, 1.165) is 4.47 Å². The van der Waals surface area contributed by atoms with Gasteiger partial charge >= 0.3 is 0 Å². The number of nitrogens with zero attached hydrogens (tertiary/aromatic N) is 1. The van der Waals surface area contributed by atoms with Crippen LogP contribution in [0.2, 0.25) is 0 Å². The zero-order chi connectivity index (χ0) is 15.5. The molecular formula is C14H19BrN2O3S. The van der Waals surface area contributed by atoms with Crippen molar-refractivity contribution in [1.82, 2.24) is 10.2 Å². The number of carbonyl (C=O) groups is 1. The maximum absolute atomic E-state index is 12.1. The van der Waals surface area contributed by atoms with Crippen molar-refractivity contribution in [2.24, 2.45) is 0 Å². The van der Waals surface area contributed by atoms with E-state index in [1.54, 1.807) is 29.2 Å². The number of nitrogens with one attached hydrogen (secondary N) is 1. The van der Waals surface area contributed by atoms with Crippen molar-refractivity contribution in [1.29, 1.82) is 0 Å². The minimum absolute atomic E-state index is 0.104. The summed E-state index contributed by atoms with van der Waals surface area (Å²) in [6, 6.07) is 7.30. The van der Waals surface area contributed by atoms with Gasteiger partial charge in [0, 0.05) is 30.1 Å². The van der Waals surface area contributed by atoms with Crippen LogP contribution in [0.3, 0.4) is 0 Å². The molecule has 1 N–H and O–H groups in total. The van der Waals surface area contributed by atoms with Crippen molar-refractivity contribution in [2.45, 2.75) is 18.7 Å². The largest absolute Gasteiger partial charge is 0.339 e. The van der Waals surface area contributed by atoms with Crippen LogP contribution in [0.25, 0.3) is 0 Å². The van der Waals surface area contributed by atoms with Gasteiger partial charge in [-0.15, -0.1) is 0 Å². The van der Waals surface area contributed by atoms with Gasteiger partial charge in [0.25, 0.3) is 0 Å². The number of amides is 1. The van der Waals surface area contributed by atoms with Gasteiger partial charge in [-0.05, 0) is 24.6 Å². The Kier molecular flexibility index (Phi) is 5.40. The Hall–Kier alpha value is -0.920. The molecule has 1 unspecified atom stereocenters. The van der Waals surface area contributed by atoms with Crippen LogP contribution in [0.1, 0.15) is 12.5 Å².